The van der Waals surface area contributed by atoms with Gasteiger partial charge in [-0.05, 0) is 37.1 Å². The van der Waals surface area contributed by atoms with Crippen molar-refractivity contribution in [2.45, 2.75) is 51.7 Å². The summed E-state index contributed by atoms with van der Waals surface area (Å²) in [6.45, 7) is 5.00. The smallest absolute Gasteiger partial charge is 0.219 e. The van der Waals surface area contributed by atoms with E-state index in [0.29, 0.717) is 6.54 Å². The van der Waals surface area contributed by atoms with Gasteiger partial charge in [-0.1, -0.05) is 6.42 Å². The first-order valence-corrected chi connectivity index (χ1v) is 9.44. The van der Waals surface area contributed by atoms with Crippen molar-refractivity contribution in [2.24, 2.45) is 0 Å². The van der Waals surface area contributed by atoms with Crippen molar-refractivity contribution >= 4 is 5.91 Å². The lowest BCUT2D eigenvalue weighted by Gasteiger charge is -2.35. The zero-order chi connectivity index (χ0) is 17.9. The molecule has 0 N–H and O–H groups in total. The molecule has 6 nitrogen and oxygen atoms in total. The first kappa shape index (κ1) is 17.1. The molecule has 2 aliphatic heterocycles. The number of aromatic nitrogens is 3. The molecular weight excluding hydrogens is 326 g/mol. The van der Waals surface area contributed by atoms with E-state index in [0.717, 1.165) is 49.6 Å². The van der Waals surface area contributed by atoms with Gasteiger partial charge >= 0.3 is 0 Å². The van der Waals surface area contributed by atoms with E-state index in [9.17, 15) is 4.79 Å². The Kier molecular flexibility index (Phi) is 4.93. The van der Waals surface area contributed by atoms with E-state index in [-0.39, 0.29) is 11.9 Å². The van der Waals surface area contributed by atoms with Gasteiger partial charge in [-0.25, -0.2) is 9.97 Å². The molecular formula is C20H25N5O. The van der Waals surface area contributed by atoms with Gasteiger partial charge in [-0.3, -0.25) is 14.7 Å². The molecule has 0 spiro atoms. The van der Waals surface area contributed by atoms with Crippen LogP contribution in [0.25, 0.3) is 0 Å². The highest BCUT2D eigenvalue weighted by Crippen LogP contribution is 2.31. The standard InChI is InChI=1S/C20H25N5O/c1-15(26)24-11-7-18-17(14-24)12-22-20(23-18)19-4-2-3-10-25(19)13-16-5-8-21-9-6-16/h5-6,8-9,12,19H,2-4,7,10-11,13-14H2,1H3/t19-/m1/s1. The van der Waals surface area contributed by atoms with Crippen LogP contribution in [0.5, 0.6) is 0 Å². The average Bonchev–Trinajstić information content (AvgIpc) is 2.68. The normalized spacial score (nSPS) is 20.7. The SMILES string of the molecule is CC(=O)N1CCc2nc([C@H]3CCCCN3Cc3ccncc3)ncc2C1. The Morgan fingerprint density at radius 1 is 1.23 bits per heavy atom. The second-order valence-corrected chi connectivity index (χ2v) is 7.23. The topological polar surface area (TPSA) is 62.2 Å². The van der Waals surface area contributed by atoms with Crippen LogP contribution < -0.4 is 0 Å². The van der Waals surface area contributed by atoms with Crippen LogP contribution in [-0.4, -0.2) is 43.7 Å². The Labute approximate surface area is 154 Å². The van der Waals surface area contributed by atoms with Gasteiger partial charge in [0.05, 0.1) is 11.7 Å². The molecule has 4 rings (SSSR count). The second-order valence-electron chi connectivity index (χ2n) is 7.23. The van der Waals surface area contributed by atoms with Gasteiger partial charge < -0.3 is 4.90 Å². The second kappa shape index (κ2) is 7.50. The summed E-state index contributed by atoms with van der Waals surface area (Å²) >= 11 is 0. The Balaban J connectivity index is 1.54. The van der Waals surface area contributed by atoms with Crippen molar-refractivity contribution in [1.82, 2.24) is 24.8 Å². The number of likely N-dealkylation sites (tertiary alicyclic amines) is 1. The van der Waals surface area contributed by atoms with Gasteiger partial charge in [-0.15, -0.1) is 0 Å². The average molecular weight is 351 g/mol. The largest absolute Gasteiger partial charge is 0.338 e. The highest BCUT2D eigenvalue weighted by Gasteiger charge is 2.28. The Morgan fingerprint density at radius 3 is 2.88 bits per heavy atom. The fourth-order valence-electron chi connectivity index (χ4n) is 3.96. The quantitative estimate of drug-likeness (QED) is 0.850. The van der Waals surface area contributed by atoms with Crippen molar-refractivity contribution in [3.05, 3.63) is 53.4 Å². The molecule has 1 amide bonds. The third-order valence-corrected chi connectivity index (χ3v) is 5.44. The van der Waals surface area contributed by atoms with Crippen molar-refractivity contribution in [3.63, 3.8) is 0 Å². The third kappa shape index (κ3) is 3.60. The Hall–Kier alpha value is -2.34. The summed E-state index contributed by atoms with van der Waals surface area (Å²) in [5.74, 6) is 1.06. The maximum atomic E-state index is 11.6. The third-order valence-electron chi connectivity index (χ3n) is 5.44. The van der Waals surface area contributed by atoms with Crippen LogP contribution >= 0.6 is 0 Å². The minimum atomic E-state index is 0.121. The lowest BCUT2D eigenvalue weighted by Crippen LogP contribution is -2.36. The maximum Gasteiger partial charge on any atom is 0.219 e. The summed E-state index contributed by atoms with van der Waals surface area (Å²) in [4.78, 5) is 29.7. The highest BCUT2D eigenvalue weighted by molar-refractivity contribution is 5.73. The van der Waals surface area contributed by atoms with E-state index in [2.05, 4.69) is 22.0 Å². The van der Waals surface area contributed by atoms with E-state index < -0.39 is 0 Å². The van der Waals surface area contributed by atoms with E-state index in [1.54, 1.807) is 6.92 Å². The molecule has 0 aromatic carbocycles. The number of hydrogen-bond acceptors (Lipinski definition) is 5. The predicted molar refractivity (Wildman–Crippen MR) is 98.1 cm³/mol. The van der Waals surface area contributed by atoms with Gasteiger partial charge in [0.1, 0.15) is 5.82 Å². The molecule has 1 saturated heterocycles. The van der Waals surface area contributed by atoms with E-state index in [4.69, 9.17) is 9.97 Å². The predicted octanol–water partition coefficient (Wildman–Crippen LogP) is 2.50. The zero-order valence-electron chi connectivity index (χ0n) is 15.3. The number of carbonyl (C=O) groups excluding carboxylic acids is 1. The number of piperidine rings is 1. The summed E-state index contributed by atoms with van der Waals surface area (Å²) in [5, 5.41) is 0. The molecule has 1 atom stereocenters. The van der Waals surface area contributed by atoms with Gasteiger partial charge in [0.25, 0.3) is 0 Å². The summed E-state index contributed by atoms with van der Waals surface area (Å²) < 4.78 is 0. The molecule has 0 bridgehead atoms. The van der Waals surface area contributed by atoms with Gasteiger partial charge in [0.15, 0.2) is 0 Å². The van der Waals surface area contributed by atoms with Crippen LogP contribution in [0.15, 0.2) is 30.7 Å². The molecule has 2 aromatic heterocycles. The number of rotatable bonds is 3. The van der Waals surface area contributed by atoms with Gasteiger partial charge in [-0.2, -0.15) is 0 Å². The zero-order valence-corrected chi connectivity index (χ0v) is 15.3. The van der Waals surface area contributed by atoms with Gasteiger partial charge in [0.2, 0.25) is 5.91 Å². The van der Waals surface area contributed by atoms with Crippen LogP contribution in [0.2, 0.25) is 0 Å². The molecule has 0 aliphatic carbocycles. The summed E-state index contributed by atoms with van der Waals surface area (Å²) in [5.41, 5.74) is 3.48. The van der Waals surface area contributed by atoms with Crippen molar-refractivity contribution < 1.29 is 4.79 Å². The van der Waals surface area contributed by atoms with E-state index in [1.807, 2.05) is 23.5 Å². The Bertz CT molecular complexity index is 779. The fraction of sp³-hybridized carbons (Fsp3) is 0.500. The first-order valence-electron chi connectivity index (χ1n) is 9.44. The lowest BCUT2D eigenvalue weighted by molar-refractivity contribution is -0.129. The molecule has 0 radical (unpaired) electrons. The lowest BCUT2D eigenvalue weighted by atomic mass is 9.99. The van der Waals surface area contributed by atoms with Crippen LogP contribution in [-0.2, 0) is 24.3 Å². The molecule has 0 unspecified atom stereocenters. The molecule has 4 heterocycles. The number of nitrogens with zero attached hydrogens (tertiary/aromatic N) is 5. The van der Waals surface area contributed by atoms with E-state index >= 15 is 0 Å². The summed E-state index contributed by atoms with van der Waals surface area (Å²) in [7, 11) is 0. The number of hydrogen-bond donors (Lipinski definition) is 0. The van der Waals surface area contributed by atoms with Gasteiger partial charge in [0, 0.05) is 57.1 Å². The molecule has 136 valence electrons. The molecule has 1 fully saturated rings. The molecule has 0 saturated carbocycles. The summed E-state index contributed by atoms with van der Waals surface area (Å²) in [6, 6.07) is 4.43. The monoisotopic (exact) mass is 351 g/mol. The maximum absolute atomic E-state index is 11.6. The molecule has 2 aromatic rings. The fourth-order valence-corrected chi connectivity index (χ4v) is 3.96. The molecule has 2 aliphatic rings. The minimum absolute atomic E-state index is 0.121. The van der Waals surface area contributed by atoms with Crippen molar-refractivity contribution in [3.8, 4) is 0 Å². The number of fused-ring (bicyclic) bond motifs is 1. The van der Waals surface area contributed by atoms with Crippen LogP contribution in [0.1, 0.15) is 54.9 Å². The minimum Gasteiger partial charge on any atom is -0.338 e. The molecule has 6 heteroatoms. The number of amides is 1. The number of carbonyl (C=O) groups is 1. The number of pyridine rings is 1. The van der Waals surface area contributed by atoms with Crippen molar-refractivity contribution in [2.75, 3.05) is 13.1 Å². The van der Waals surface area contributed by atoms with E-state index in [1.165, 1.54) is 18.4 Å². The highest BCUT2D eigenvalue weighted by atomic mass is 16.2. The van der Waals surface area contributed by atoms with Crippen LogP contribution in [0, 0.1) is 0 Å². The first-order chi connectivity index (χ1) is 12.7. The summed E-state index contributed by atoms with van der Waals surface area (Å²) in [6.07, 6.45) is 10.0. The van der Waals surface area contributed by atoms with Crippen LogP contribution in [0.4, 0.5) is 0 Å². The molecule has 26 heavy (non-hydrogen) atoms. The Morgan fingerprint density at radius 2 is 2.08 bits per heavy atom. The van der Waals surface area contributed by atoms with Crippen LogP contribution in [0.3, 0.4) is 0 Å². The van der Waals surface area contributed by atoms with Crippen molar-refractivity contribution in [1.29, 1.82) is 0 Å².